The molecule has 1 aromatic rings. The number of hydrogen-bond donors (Lipinski definition) is 1. The monoisotopic (exact) mass is 165 g/mol. The highest BCUT2D eigenvalue weighted by Crippen LogP contribution is 2.05. The molecule has 0 unspecified atom stereocenters. The molecule has 2 rings (SSSR count). The van der Waals surface area contributed by atoms with Crippen molar-refractivity contribution in [2.75, 3.05) is 0 Å². The van der Waals surface area contributed by atoms with Crippen LogP contribution in [-0.2, 0) is 6.67 Å². The minimum atomic E-state index is 0.840. The van der Waals surface area contributed by atoms with Gasteiger partial charge in [-0.05, 0) is 13.0 Å². The van der Waals surface area contributed by atoms with Gasteiger partial charge in [-0.1, -0.05) is 13.8 Å². The van der Waals surface area contributed by atoms with E-state index in [4.69, 9.17) is 0 Å². The molecule has 0 saturated heterocycles. The molecule has 1 aliphatic rings. The van der Waals surface area contributed by atoms with Crippen molar-refractivity contribution < 1.29 is 0 Å². The van der Waals surface area contributed by atoms with Crippen molar-refractivity contribution in [1.82, 2.24) is 14.9 Å². The second kappa shape index (κ2) is 3.95. The van der Waals surface area contributed by atoms with Gasteiger partial charge in [0, 0.05) is 12.4 Å². The number of nitrogens with zero attached hydrogens (tertiary/aromatic N) is 2. The SMILES string of the molecule is CC.Cc1cn2c(n1)C=CNC2. The van der Waals surface area contributed by atoms with E-state index < -0.39 is 0 Å². The lowest BCUT2D eigenvalue weighted by molar-refractivity contribution is 0.624. The van der Waals surface area contributed by atoms with Gasteiger partial charge in [-0.2, -0.15) is 0 Å². The molecule has 0 aromatic carbocycles. The van der Waals surface area contributed by atoms with Gasteiger partial charge >= 0.3 is 0 Å². The first kappa shape index (κ1) is 8.84. The fraction of sp³-hybridized carbons (Fsp3) is 0.444. The maximum absolute atomic E-state index is 4.29. The summed E-state index contributed by atoms with van der Waals surface area (Å²) in [5.41, 5.74) is 1.07. The van der Waals surface area contributed by atoms with Gasteiger partial charge in [-0.15, -0.1) is 0 Å². The number of aryl methyl sites for hydroxylation is 1. The molecule has 1 aromatic heterocycles. The van der Waals surface area contributed by atoms with Gasteiger partial charge in [-0.3, -0.25) is 0 Å². The van der Waals surface area contributed by atoms with Crippen LogP contribution in [0.2, 0.25) is 0 Å². The van der Waals surface area contributed by atoms with E-state index in [-0.39, 0.29) is 0 Å². The normalized spacial score (nSPS) is 12.6. The summed E-state index contributed by atoms with van der Waals surface area (Å²) in [6, 6.07) is 0. The minimum absolute atomic E-state index is 0.840. The first-order chi connectivity index (χ1) is 5.86. The molecule has 0 spiro atoms. The third-order valence-corrected chi connectivity index (χ3v) is 1.54. The van der Waals surface area contributed by atoms with E-state index in [1.165, 1.54) is 0 Å². The van der Waals surface area contributed by atoms with Gasteiger partial charge in [0.1, 0.15) is 5.82 Å². The number of imidazole rings is 1. The Morgan fingerprint density at radius 2 is 2.25 bits per heavy atom. The zero-order valence-corrected chi connectivity index (χ0v) is 7.83. The molecule has 0 bridgehead atoms. The highest BCUT2D eigenvalue weighted by molar-refractivity contribution is 5.41. The third-order valence-electron chi connectivity index (χ3n) is 1.54. The molecule has 2 heterocycles. The van der Waals surface area contributed by atoms with Crippen molar-refractivity contribution in [3.05, 3.63) is 23.9 Å². The Bertz CT molecular complexity index is 273. The van der Waals surface area contributed by atoms with Crippen LogP contribution in [0, 0.1) is 6.92 Å². The van der Waals surface area contributed by atoms with Gasteiger partial charge in [0.25, 0.3) is 0 Å². The third kappa shape index (κ3) is 1.67. The van der Waals surface area contributed by atoms with Crippen molar-refractivity contribution in [1.29, 1.82) is 0 Å². The van der Waals surface area contributed by atoms with E-state index in [0.717, 1.165) is 18.2 Å². The standard InChI is InChI=1S/C7H9N3.C2H6/c1-6-4-10-5-8-3-2-7(10)9-6;1-2/h2-4,8H,5H2,1H3;1-2H3. The molecule has 0 saturated carbocycles. The van der Waals surface area contributed by atoms with Gasteiger partial charge in [0.05, 0.1) is 12.4 Å². The summed E-state index contributed by atoms with van der Waals surface area (Å²) in [7, 11) is 0. The predicted molar refractivity (Wildman–Crippen MR) is 50.5 cm³/mol. The highest BCUT2D eigenvalue weighted by atomic mass is 15.2. The quantitative estimate of drug-likeness (QED) is 0.634. The summed E-state index contributed by atoms with van der Waals surface area (Å²) in [6.07, 6.45) is 5.92. The van der Waals surface area contributed by atoms with Crippen LogP contribution in [-0.4, -0.2) is 9.55 Å². The molecule has 3 nitrogen and oxygen atoms in total. The topological polar surface area (TPSA) is 29.9 Å². The summed E-state index contributed by atoms with van der Waals surface area (Å²) in [5.74, 6) is 1.04. The van der Waals surface area contributed by atoms with Crippen LogP contribution in [0.5, 0.6) is 0 Å². The lowest BCUT2D eigenvalue weighted by atomic mass is 10.5. The second-order valence-corrected chi connectivity index (χ2v) is 2.41. The number of nitrogens with one attached hydrogen (secondary N) is 1. The molecule has 0 amide bonds. The molecule has 1 aliphatic heterocycles. The van der Waals surface area contributed by atoms with Crippen molar-refractivity contribution in [3.63, 3.8) is 0 Å². The van der Waals surface area contributed by atoms with Crippen molar-refractivity contribution in [2.24, 2.45) is 0 Å². The molecule has 0 atom stereocenters. The molecule has 0 radical (unpaired) electrons. The van der Waals surface area contributed by atoms with Crippen molar-refractivity contribution in [2.45, 2.75) is 27.4 Å². The van der Waals surface area contributed by atoms with Crippen molar-refractivity contribution >= 4 is 6.08 Å². The number of rotatable bonds is 0. The maximum atomic E-state index is 4.29. The van der Waals surface area contributed by atoms with E-state index in [2.05, 4.69) is 14.9 Å². The molecule has 1 N–H and O–H groups in total. The fourth-order valence-electron chi connectivity index (χ4n) is 1.11. The van der Waals surface area contributed by atoms with E-state index in [0.29, 0.717) is 0 Å². The van der Waals surface area contributed by atoms with E-state index in [1.54, 1.807) is 0 Å². The van der Waals surface area contributed by atoms with Crippen LogP contribution in [0.25, 0.3) is 6.08 Å². The number of aromatic nitrogens is 2. The Balaban J connectivity index is 0.000000336. The largest absolute Gasteiger partial charge is 0.373 e. The van der Waals surface area contributed by atoms with Gasteiger partial charge in [0.15, 0.2) is 0 Å². The van der Waals surface area contributed by atoms with Crippen LogP contribution < -0.4 is 5.32 Å². The minimum Gasteiger partial charge on any atom is -0.373 e. The summed E-state index contributed by atoms with van der Waals surface area (Å²) >= 11 is 0. The smallest absolute Gasteiger partial charge is 0.135 e. The molecule has 12 heavy (non-hydrogen) atoms. The van der Waals surface area contributed by atoms with Crippen LogP contribution >= 0.6 is 0 Å². The van der Waals surface area contributed by atoms with E-state index in [1.807, 2.05) is 39.2 Å². The van der Waals surface area contributed by atoms with Gasteiger partial charge in [0.2, 0.25) is 0 Å². The summed E-state index contributed by atoms with van der Waals surface area (Å²) in [4.78, 5) is 4.29. The molecular formula is C9H15N3. The average Bonchev–Trinajstić information content (AvgIpc) is 2.48. The molecular weight excluding hydrogens is 150 g/mol. The van der Waals surface area contributed by atoms with E-state index in [9.17, 15) is 0 Å². The number of hydrogen-bond acceptors (Lipinski definition) is 2. The zero-order valence-electron chi connectivity index (χ0n) is 7.83. The second-order valence-electron chi connectivity index (χ2n) is 2.41. The Hall–Kier alpha value is -1.25. The van der Waals surface area contributed by atoms with Crippen LogP contribution in [0.3, 0.4) is 0 Å². The Kier molecular flexibility index (Phi) is 2.91. The number of fused-ring (bicyclic) bond motifs is 1. The summed E-state index contributed by atoms with van der Waals surface area (Å²) in [5, 5.41) is 3.10. The van der Waals surface area contributed by atoms with Crippen LogP contribution in [0.4, 0.5) is 0 Å². The Labute approximate surface area is 73.1 Å². The molecule has 3 heteroatoms. The first-order valence-electron chi connectivity index (χ1n) is 4.30. The lowest BCUT2D eigenvalue weighted by Gasteiger charge is -2.08. The molecule has 0 aliphatic carbocycles. The Morgan fingerprint density at radius 1 is 1.50 bits per heavy atom. The highest BCUT2D eigenvalue weighted by Gasteiger charge is 2.03. The maximum Gasteiger partial charge on any atom is 0.135 e. The van der Waals surface area contributed by atoms with Gasteiger partial charge < -0.3 is 9.88 Å². The summed E-state index contributed by atoms with van der Waals surface area (Å²) < 4.78 is 2.08. The average molecular weight is 165 g/mol. The molecule has 0 fully saturated rings. The Morgan fingerprint density at radius 3 is 2.92 bits per heavy atom. The van der Waals surface area contributed by atoms with Crippen molar-refractivity contribution in [3.8, 4) is 0 Å². The molecule has 66 valence electrons. The predicted octanol–water partition coefficient (Wildman–Crippen LogP) is 1.75. The van der Waals surface area contributed by atoms with E-state index >= 15 is 0 Å². The van der Waals surface area contributed by atoms with Gasteiger partial charge in [-0.25, -0.2) is 4.98 Å². The lowest BCUT2D eigenvalue weighted by Crippen LogP contribution is -2.16. The summed E-state index contributed by atoms with van der Waals surface area (Å²) in [6.45, 7) is 6.84. The van der Waals surface area contributed by atoms with Crippen LogP contribution in [0.15, 0.2) is 12.4 Å². The zero-order chi connectivity index (χ0) is 8.97. The van der Waals surface area contributed by atoms with Crippen LogP contribution in [0.1, 0.15) is 25.4 Å². The first-order valence-corrected chi connectivity index (χ1v) is 4.30. The fourth-order valence-corrected chi connectivity index (χ4v) is 1.11.